The van der Waals surface area contributed by atoms with Gasteiger partial charge in [-0.25, -0.2) is 5.10 Å². The summed E-state index contributed by atoms with van der Waals surface area (Å²) >= 11 is 0. The third kappa shape index (κ3) is 1.66. The van der Waals surface area contributed by atoms with Gasteiger partial charge in [0.15, 0.2) is 5.52 Å². The minimum Gasteiger partial charge on any atom is -0.481 e. The highest BCUT2D eigenvalue weighted by Gasteiger charge is 2.10. The van der Waals surface area contributed by atoms with E-state index in [-0.39, 0.29) is 17.6 Å². The number of aromatic amines is 1. The zero-order chi connectivity index (χ0) is 10.8. The van der Waals surface area contributed by atoms with Gasteiger partial charge in [0.25, 0.3) is 5.56 Å². The fourth-order valence-corrected chi connectivity index (χ4v) is 1.24. The Hall–Kier alpha value is -2.31. The van der Waals surface area contributed by atoms with Crippen LogP contribution in [-0.4, -0.2) is 31.5 Å². The van der Waals surface area contributed by atoms with E-state index in [1.54, 1.807) is 0 Å². The molecule has 0 saturated heterocycles. The zero-order valence-electron chi connectivity index (χ0n) is 7.47. The lowest BCUT2D eigenvalue weighted by atomic mass is 10.2. The Bertz CT molecular complexity index is 577. The first-order valence-electron chi connectivity index (χ1n) is 4.09. The molecule has 7 nitrogen and oxygen atoms in total. The molecular weight excluding hydrogens is 200 g/mol. The van der Waals surface area contributed by atoms with Crippen LogP contribution in [0.4, 0.5) is 0 Å². The number of carboxylic acid groups (broad SMARTS) is 1. The van der Waals surface area contributed by atoms with Gasteiger partial charge in [-0.1, -0.05) is 0 Å². The number of hydrogen-bond donors (Lipinski definition) is 2. The molecule has 0 fully saturated rings. The van der Waals surface area contributed by atoms with Gasteiger partial charge in [-0.05, 0) is 6.07 Å². The van der Waals surface area contributed by atoms with Crippen molar-refractivity contribution in [3.8, 4) is 0 Å². The Balaban J connectivity index is 2.71. The first-order chi connectivity index (χ1) is 7.18. The highest BCUT2D eigenvalue weighted by Crippen LogP contribution is 2.09. The molecule has 0 saturated carbocycles. The molecule has 7 heteroatoms. The second-order valence-corrected chi connectivity index (χ2v) is 2.86. The monoisotopic (exact) mass is 206 g/mol. The van der Waals surface area contributed by atoms with E-state index in [4.69, 9.17) is 5.11 Å². The molecule has 0 spiro atoms. The molecule has 0 aliphatic rings. The van der Waals surface area contributed by atoms with E-state index < -0.39 is 11.5 Å². The zero-order valence-corrected chi connectivity index (χ0v) is 7.47. The number of rotatable bonds is 2. The molecular formula is C8H6N4O3. The van der Waals surface area contributed by atoms with Gasteiger partial charge in [0.2, 0.25) is 0 Å². The number of aromatic nitrogens is 4. The molecule has 2 rings (SSSR count). The molecule has 76 valence electrons. The SMILES string of the molecule is O=C(O)Cc1n[nH]c(=O)c2nnccc12. The van der Waals surface area contributed by atoms with Gasteiger partial charge in [-0.2, -0.15) is 10.2 Å². The van der Waals surface area contributed by atoms with Crippen LogP contribution in [0.2, 0.25) is 0 Å². The van der Waals surface area contributed by atoms with Gasteiger partial charge in [0, 0.05) is 5.39 Å². The van der Waals surface area contributed by atoms with Gasteiger partial charge >= 0.3 is 5.97 Å². The first kappa shape index (κ1) is 9.25. The van der Waals surface area contributed by atoms with Crippen molar-refractivity contribution in [2.75, 3.05) is 0 Å². The second-order valence-electron chi connectivity index (χ2n) is 2.86. The summed E-state index contributed by atoms with van der Waals surface area (Å²) in [5, 5.41) is 22.0. The van der Waals surface area contributed by atoms with Crippen LogP contribution in [0, 0.1) is 0 Å². The fraction of sp³-hybridized carbons (Fsp3) is 0.125. The van der Waals surface area contributed by atoms with Crippen LogP contribution < -0.4 is 5.56 Å². The van der Waals surface area contributed by atoms with E-state index in [1.165, 1.54) is 12.3 Å². The lowest BCUT2D eigenvalue weighted by Gasteiger charge is -1.99. The number of nitrogens with one attached hydrogen (secondary N) is 1. The van der Waals surface area contributed by atoms with E-state index in [0.717, 1.165) is 0 Å². The Kier molecular flexibility index (Phi) is 2.13. The summed E-state index contributed by atoms with van der Waals surface area (Å²) in [5.41, 5.74) is -0.108. The summed E-state index contributed by atoms with van der Waals surface area (Å²) in [6.07, 6.45) is 1.12. The Labute approximate surface area is 82.8 Å². The van der Waals surface area contributed by atoms with Gasteiger partial charge in [-0.3, -0.25) is 9.59 Å². The average molecular weight is 206 g/mol. The molecule has 0 radical (unpaired) electrons. The van der Waals surface area contributed by atoms with Gasteiger partial charge < -0.3 is 5.11 Å². The maximum atomic E-state index is 11.2. The summed E-state index contributed by atoms with van der Waals surface area (Å²) < 4.78 is 0. The standard InChI is InChI=1S/C8H6N4O3/c13-6(14)3-5-4-1-2-9-11-7(4)8(15)12-10-5/h1-2H,3H2,(H,12,15)(H,13,14). The Morgan fingerprint density at radius 3 is 3.07 bits per heavy atom. The van der Waals surface area contributed by atoms with Crippen LogP contribution in [-0.2, 0) is 11.2 Å². The van der Waals surface area contributed by atoms with E-state index in [9.17, 15) is 9.59 Å². The molecule has 0 amide bonds. The third-order valence-corrected chi connectivity index (χ3v) is 1.86. The molecule has 0 unspecified atom stereocenters. The highest BCUT2D eigenvalue weighted by atomic mass is 16.4. The lowest BCUT2D eigenvalue weighted by molar-refractivity contribution is -0.136. The number of nitrogens with zero attached hydrogens (tertiary/aromatic N) is 3. The number of carboxylic acids is 1. The van der Waals surface area contributed by atoms with E-state index in [1.807, 2.05) is 0 Å². The predicted octanol–water partition coefficient (Wildman–Crippen LogP) is -0.660. The van der Waals surface area contributed by atoms with Crippen molar-refractivity contribution in [3.63, 3.8) is 0 Å². The molecule has 0 atom stereocenters. The quantitative estimate of drug-likeness (QED) is 0.675. The number of aliphatic carboxylic acids is 1. The van der Waals surface area contributed by atoms with Crippen molar-refractivity contribution >= 4 is 16.9 Å². The van der Waals surface area contributed by atoms with Crippen LogP contribution in [0.5, 0.6) is 0 Å². The molecule has 0 bridgehead atoms. The van der Waals surface area contributed by atoms with E-state index in [0.29, 0.717) is 5.39 Å². The van der Waals surface area contributed by atoms with Crippen LogP contribution in [0.3, 0.4) is 0 Å². The summed E-state index contributed by atoms with van der Waals surface area (Å²) in [4.78, 5) is 21.8. The highest BCUT2D eigenvalue weighted by molar-refractivity contribution is 5.83. The number of fused-ring (bicyclic) bond motifs is 1. The normalized spacial score (nSPS) is 10.4. The predicted molar refractivity (Wildman–Crippen MR) is 49.3 cm³/mol. The molecule has 0 aliphatic carbocycles. The molecule has 15 heavy (non-hydrogen) atoms. The number of hydrogen-bond acceptors (Lipinski definition) is 5. The number of H-pyrrole nitrogens is 1. The van der Waals surface area contributed by atoms with Crippen LogP contribution in [0.15, 0.2) is 17.1 Å². The van der Waals surface area contributed by atoms with Crippen molar-refractivity contribution < 1.29 is 9.90 Å². The van der Waals surface area contributed by atoms with Crippen molar-refractivity contribution in [1.82, 2.24) is 20.4 Å². The molecule has 0 aliphatic heterocycles. The summed E-state index contributed by atoms with van der Waals surface area (Å²) in [6.45, 7) is 0. The molecule has 0 aromatic carbocycles. The van der Waals surface area contributed by atoms with E-state index >= 15 is 0 Å². The summed E-state index contributed by atoms with van der Waals surface area (Å²) in [7, 11) is 0. The van der Waals surface area contributed by atoms with Crippen molar-refractivity contribution in [2.24, 2.45) is 0 Å². The lowest BCUT2D eigenvalue weighted by Crippen LogP contribution is -2.14. The smallest absolute Gasteiger partial charge is 0.309 e. The van der Waals surface area contributed by atoms with E-state index in [2.05, 4.69) is 20.4 Å². The Morgan fingerprint density at radius 1 is 1.53 bits per heavy atom. The van der Waals surface area contributed by atoms with Crippen molar-refractivity contribution in [2.45, 2.75) is 6.42 Å². The molecule has 2 aromatic rings. The van der Waals surface area contributed by atoms with Crippen molar-refractivity contribution in [3.05, 3.63) is 28.3 Å². The van der Waals surface area contributed by atoms with Crippen molar-refractivity contribution in [1.29, 1.82) is 0 Å². The second kappa shape index (κ2) is 3.45. The Morgan fingerprint density at radius 2 is 2.33 bits per heavy atom. The van der Waals surface area contributed by atoms with Gasteiger partial charge in [-0.15, -0.1) is 5.10 Å². The summed E-state index contributed by atoms with van der Waals surface area (Å²) in [6, 6.07) is 1.52. The molecule has 2 heterocycles. The topological polar surface area (TPSA) is 109 Å². The minimum atomic E-state index is -1.02. The van der Waals surface area contributed by atoms with Gasteiger partial charge in [0.05, 0.1) is 18.3 Å². The third-order valence-electron chi connectivity index (χ3n) is 1.86. The molecule has 2 N–H and O–H groups in total. The van der Waals surface area contributed by atoms with Crippen LogP contribution in [0.25, 0.3) is 10.9 Å². The fourth-order valence-electron chi connectivity index (χ4n) is 1.24. The molecule has 2 aromatic heterocycles. The maximum absolute atomic E-state index is 11.2. The summed E-state index contributed by atoms with van der Waals surface area (Å²) in [5.74, 6) is -1.02. The minimum absolute atomic E-state index is 0.101. The van der Waals surface area contributed by atoms with Crippen LogP contribution >= 0.6 is 0 Å². The van der Waals surface area contributed by atoms with Gasteiger partial charge in [0.1, 0.15) is 0 Å². The largest absolute Gasteiger partial charge is 0.481 e. The number of carbonyl (C=O) groups is 1. The maximum Gasteiger partial charge on any atom is 0.309 e. The van der Waals surface area contributed by atoms with Crippen LogP contribution in [0.1, 0.15) is 5.69 Å². The first-order valence-corrected chi connectivity index (χ1v) is 4.09. The average Bonchev–Trinajstić information content (AvgIpc) is 2.22.